The van der Waals surface area contributed by atoms with E-state index in [9.17, 15) is 4.79 Å². The molecule has 0 unspecified atom stereocenters. The molecule has 1 aromatic rings. The summed E-state index contributed by atoms with van der Waals surface area (Å²) in [7, 11) is 0. The zero-order valence-corrected chi connectivity index (χ0v) is 12.0. The zero-order chi connectivity index (χ0) is 13.8. The minimum atomic E-state index is 0.190. The first-order valence-corrected chi connectivity index (χ1v) is 7.15. The van der Waals surface area contributed by atoms with Crippen LogP contribution in [0.3, 0.4) is 0 Å². The molecule has 19 heavy (non-hydrogen) atoms. The molecule has 0 aromatic heterocycles. The van der Waals surface area contributed by atoms with Gasteiger partial charge in [0.2, 0.25) is 0 Å². The van der Waals surface area contributed by atoms with Crippen molar-refractivity contribution in [1.82, 2.24) is 4.90 Å². The first kappa shape index (κ1) is 14.2. The van der Waals surface area contributed by atoms with Gasteiger partial charge in [0.05, 0.1) is 0 Å². The molecule has 104 valence electrons. The lowest BCUT2D eigenvalue weighted by atomic mass is 9.87. The average molecular weight is 260 g/mol. The molecule has 3 heteroatoms. The van der Waals surface area contributed by atoms with E-state index in [0.717, 1.165) is 43.6 Å². The van der Waals surface area contributed by atoms with Crippen molar-refractivity contribution < 1.29 is 4.79 Å². The molecule has 1 heterocycles. The Morgan fingerprint density at radius 1 is 1.32 bits per heavy atom. The van der Waals surface area contributed by atoms with Crippen LogP contribution in [0, 0.1) is 19.8 Å². The minimum absolute atomic E-state index is 0.190. The van der Waals surface area contributed by atoms with Gasteiger partial charge < -0.3 is 10.6 Å². The highest BCUT2D eigenvalue weighted by atomic mass is 16.1. The number of hydrogen-bond acceptors (Lipinski definition) is 3. The quantitative estimate of drug-likeness (QED) is 0.844. The lowest BCUT2D eigenvalue weighted by molar-refractivity contribution is 0.0842. The van der Waals surface area contributed by atoms with Crippen LogP contribution in [0.2, 0.25) is 0 Å². The Hall–Kier alpha value is -1.19. The van der Waals surface area contributed by atoms with Gasteiger partial charge in [-0.05, 0) is 45.3 Å². The van der Waals surface area contributed by atoms with Crippen molar-refractivity contribution in [3.63, 3.8) is 0 Å². The molecule has 2 rings (SSSR count). The van der Waals surface area contributed by atoms with Gasteiger partial charge in [0.25, 0.3) is 0 Å². The molecule has 3 nitrogen and oxygen atoms in total. The van der Waals surface area contributed by atoms with Gasteiger partial charge in [0.1, 0.15) is 0 Å². The number of ketones is 1. The molecule has 1 aliphatic heterocycles. The Kier molecular flexibility index (Phi) is 4.72. The summed E-state index contributed by atoms with van der Waals surface area (Å²) < 4.78 is 0. The number of Topliss-reactive ketones (excluding diaryl/α,β-unsaturated/α-hetero) is 1. The zero-order valence-electron chi connectivity index (χ0n) is 12.0. The minimum Gasteiger partial charge on any atom is -0.329 e. The number of nitrogens with zero attached hydrogens (tertiary/aromatic N) is 1. The summed E-state index contributed by atoms with van der Waals surface area (Å²) in [6.45, 7) is 7.74. The van der Waals surface area contributed by atoms with Crippen LogP contribution in [0.5, 0.6) is 0 Å². The second-order valence-corrected chi connectivity index (χ2v) is 5.59. The number of rotatable bonds is 4. The van der Waals surface area contributed by atoms with Crippen LogP contribution in [0.15, 0.2) is 18.2 Å². The molecular formula is C16H24N2O. The van der Waals surface area contributed by atoms with E-state index in [2.05, 4.69) is 17.9 Å². The number of carbonyl (C=O) groups excluding carboxylic acids is 1. The van der Waals surface area contributed by atoms with Gasteiger partial charge in [-0.3, -0.25) is 4.79 Å². The van der Waals surface area contributed by atoms with Gasteiger partial charge in [-0.1, -0.05) is 23.8 Å². The predicted molar refractivity (Wildman–Crippen MR) is 78.5 cm³/mol. The summed E-state index contributed by atoms with van der Waals surface area (Å²) in [5, 5.41) is 0. The van der Waals surface area contributed by atoms with Crippen molar-refractivity contribution in [2.24, 2.45) is 11.7 Å². The monoisotopic (exact) mass is 260 g/mol. The summed E-state index contributed by atoms with van der Waals surface area (Å²) in [4.78, 5) is 14.9. The molecular weight excluding hydrogens is 236 g/mol. The molecule has 0 atom stereocenters. The molecule has 1 aromatic carbocycles. The standard InChI is InChI=1S/C16H24N2O/c1-12-3-4-15(13(2)11-12)16(19)14-5-8-18(9-6-14)10-7-17/h3-4,11,14H,5-10,17H2,1-2H3. The second kappa shape index (κ2) is 6.31. The summed E-state index contributed by atoms with van der Waals surface area (Å²) in [6.07, 6.45) is 1.93. The van der Waals surface area contributed by atoms with E-state index >= 15 is 0 Å². The highest BCUT2D eigenvalue weighted by Crippen LogP contribution is 2.23. The van der Waals surface area contributed by atoms with E-state index < -0.39 is 0 Å². The Morgan fingerprint density at radius 3 is 2.58 bits per heavy atom. The Balaban J connectivity index is 2.01. The average Bonchev–Trinajstić information content (AvgIpc) is 2.39. The third kappa shape index (κ3) is 3.43. The van der Waals surface area contributed by atoms with Gasteiger partial charge in [0, 0.05) is 24.6 Å². The van der Waals surface area contributed by atoms with Crippen LogP contribution in [-0.2, 0) is 0 Å². The normalized spacial score (nSPS) is 17.6. The van der Waals surface area contributed by atoms with Crippen molar-refractivity contribution in [2.75, 3.05) is 26.2 Å². The smallest absolute Gasteiger partial charge is 0.166 e. The fourth-order valence-electron chi connectivity index (χ4n) is 2.91. The number of likely N-dealkylation sites (tertiary alicyclic amines) is 1. The molecule has 1 aliphatic rings. The van der Waals surface area contributed by atoms with Crippen molar-refractivity contribution >= 4 is 5.78 Å². The number of hydrogen-bond donors (Lipinski definition) is 1. The highest BCUT2D eigenvalue weighted by Gasteiger charge is 2.26. The first-order valence-electron chi connectivity index (χ1n) is 7.15. The van der Waals surface area contributed by atoms with E-state index in [-0.39, 0.29) is 5.92 Å². The van der Waals surface area contributed by atoms with E-state index in [0.29, 0.717) is 12.3 Å². The first-order chi connectivity index (χ1) is 9.11. The Morgan fingerprint density at radius 2 is 2.00 bits per heavy atom. The SMILES string of the molecule is Cc1ccc(C(=O)C2CCN(CCN)CC2)c(C)c1. The highest BCUT2D eigenvalue weighted by molar-refractivity contribution is 5.99. The number of carbonyl (C=O) groups is 1. The number of piperidine rings is 1. The largest absolute Gasteiger partial charge is 0.329 e. The van der Waals surface area contributed by atoms with Crippen molar-refractivity contribution in [1.29, 1.82) is 0 Å². The van der Waals surface area contributed by atoms with E-state index in [1.165, 1.54) is 5.56 Å². The maximum atomic E-state index is 12.6. The number of benzene rings is 1. The molecule has 0 bridgehead atoms. The molecule has 0 aliphatic carbocycles. The maximum absolute atomic E-state index is 12.6. The third-order valence-electron chi connectivity index (χ3n) is 4.05. The number of aryl methyl sites for hydroxylation is 2. The Bertz CT molecular complexity index is 448. The fourth-order valence-corrected chi connectivity index (χ4v) is 2.91. The second-order valence-electron chi connectivity index (χ2n) is 5.59. The number of nitrogens with two attached hydrogens (primary N) is 1. The van der Waals surface area contributed by atoms with Crippen LogP contribution in [0.25, 0.3) is 0 Å². The van der Waals surface area contributed by atoms with Crippen LogP contribution in [0.1, 0.15) is 34.3 Å². The molecule has 0 spiro atoms. The fraction of sp³-hybridized carbons (Fsp3) is 0.562. The molecule has 0 radical (unpaired) electrons. The summed E-state index contributed by atoms with van der Waals surface area (Å²) in [6, 6.07) is 6.11. The third-order valence-corrected chi connectivity index (χ3v) is 4.05. The summed E-state index contributed by atoms with van der Waals surface area (Å²) in [5.41, 5.74) is 8.80. The van der Waals surface area contributed by atoms with E-state index in [1.807, 2.05) is 19.1 Å². The molecule has 1 saturated heterocycles. The molecule has 1 fully saturated rings. The van der Waals surface area contributed by atoms with E-state index in [4.69, 9.17) is 5.73 Å². The molecule has 0 saturated carbocycles. The summed E-state index contributed by atoms with van der Waals surface area (Å²) >= 11 is 0. The van der Waals surface area contributed by atoms with Gasteiger partial charge in [-0.15, -0.1) is 0 Å². The molecule has 0 amide bonds. The van der Waals surface area contributed by atoms with Crippen molar-refractivity contribution in [3.05, 3.63) is 34.9 Å². The lowest BCUT2D eigenvalue weighted by Crippen LogP contribution is -2.39. The van der Waals surface area contributed by atoms with Gasteiger partial charge >= 0.3 is 0 Å². The van der Waals surface area contributed by atoms with Gasteiger partial charge in [-0.2, -0.15) is 0 Å². The van der Waals surface area contributed by atoms with Gasteiger partial charge in [-0.25, -0.2) is 0 Å². The lowest BCUT2D eigenvalue weighted by Gasteiger charge is -2.31. The topological polar surface area (TPSA) is 46.3 Å². The maximum Gasteiger partial charge on any atom is 0.166 e. The molecule has 2 N–H and O–H groups in total. The van der Waals surface area contributed by atoms with Crippen molar-refractivity contribution in [2.45, 2.75) is 26.7 Å². The predicted octanol–water partition coefficient (Wildman–Crippen LogP) is 2.16. The summed E-state index contributed by atoms with van der Waals surface area (Å²) in [5.74, 6) is 0.514. The van der Waals surface area contributed by atoms with E-state index in [1.54, 1.807) is 0 Å². The van der Waals surface area contributed by atoms with Crippen LogP contribution < -0.4 is 5.73 Å². The van der Waals surface area contributed by atoms with Crippen LogP contribution in [-0.4, -0.2) is 36.9 Å². The van der Waals surface area contributed by atoms with Crippen molar-refractivity contribution in [3.8, 4) is 0 Å². The Labute approximate surface area is 115 Å². The van der Waals surface area contributed by atoms with Gasteiger partial charge in [0.15, 0.2) is 5.78 Å². The van der Waals surface area contributed by atoms with Crippen LogP contribution in [0.4, 0.5) is 0 Å². The van der Waals surface area contributed by atoms with Crippen LogP contribution >= 0.6 is 0 Å².